The Bertz CT molecular complexity index is 439. The number of benzene rings is 1. The Morgan fingerprint density at radius 3 is 2.68 bits per heavy atom. The number of nitrogens with zero attached hydrogens (tertiary/aromatic N) is 1. The number of amides is 1. The van der Waals surface area contributed by atoms with E-state index in [-0.39, 0.29) is 11.9 Å². The van der Waals surface area contributed by atoms with E-state index in [4.69, 9.17) is 0 Å². The minimum atomic E-state index is -0.00450. The van der Waals surface area contributed by atoms with Gasteiger partial charge in [-0.2, -0.15) is 0 Å². The first-order valence-electron chi connectivity index (χ1n) is 8.35. The van der Waals surface area contributed by atoms with Crippen molar-refractivity contribution in [1.82, 2.24) is 15.5 Å². The molecule has 0 aliphatic carbocycles. The number of nitrogens with one attached hydrogen (secondary N) is 2. The highest BCUT2D eigenvalue weighted by molar-refractivity contribution is 5.81. The van der Waals surface area contributed by atoms with Crippen molar-refractivity contribution in [3.8, 4) is 0 Å². The topological polar surface area (TPSA) is 44.4 Å². The molecule has 2 rings (SSSR count). The summed E-state index contributed by atoms with van der Waals surface area (Å²) in [6, 6.07) is 10.6. The molecule has 1 saturated heterocycles. The zero-order chi connectivity index (χ0) is 15.8. The van der Waals surface area contributed by atoms with Gasteiger partial charge in [-0.1, -0.05) is 30.3 Å². The molecule has 0 bridgehead atoms. The first kappa shape index (κ1) is 17.0. The van der Waals surface area contributed by atoms with Gasteiger partial charge in [0, 0.05) is 13.1 Å². The van der Waals surface area contributed by atoms with E-state index in [0.717, 1.165) is 38.9 Å². The van der Waals surface area contributed by atoms with E-state index < -0.39 is 0 Å². The van der Waals surface area contributed by atoms with E-state index >= 15 is 0 Å². The molecule has 22 heavy (non-hydrogen) atoms. The van der Waals surface area contributed by atoms with E-state index in [0.29, 0.717) is 5.92 Å². The minimum absolute atomic E-state index is 0.00450. The highest BCUT2D eigenvalue weighted by Gasteiger charge is 2.25. The molecule has 4 heteroatoms. The molecular formula is C18H29N3O. The molecule has 2 atom stereocenters. The maximum Gasteiger partial charge on any atom is 0.237 e. The molecule has 2 unspecified atom stereocenters. The van der Waals surface area contributed by atoms with Crippen molar-refractivity contribution >= 4 is 5.91 Å². The van der Waals surface area contributed by atoms with Gasteiger partial charge in [0.2, 0.25) is 5.91 Å². The Hall–Kier alpha value is -1.39. The Labute approximate surface area is 134 Å². The summed E-state index contributed by atoms with van der Waals surface area (Å²) >= 11 is 0. The van der Waals surface area contributed by atoms with E-state index in [1.54, 1.807) is 0 Å². The first-order valence-corrected chi connectivity index (χ1v) is 8.35. The maximum atomic E-state index is 12.1. The summed E-state index contributed by atoms with van der Waals surface area (Å²) in [5.74, 6) is 0.842. The predicted octanol–water partition coefficient (Wildman–Crippen LogP) is 1.67. The van der Waals surface area contributed by atoms with E-state index in [1.165, 1.54) is 12.0 Å². The van der Waals surface area contributed by atoms with Crippen molar-refractivity contribution in [3.05, 3.63) is 35.9 Å². The van der Waals surface area contributed by atoms with E-state index in [1.807, 2.05) is 14.1 Å². The first-order chi connectivity index (χ1) is 10.6. The zero-order valence-corrected chi connectivity index (χ0v) is 13.8. The third-order valence-electron chi connectivity index (χ3n) is 4.38. The van der Waals surface area contributed by atoms with Gasteiger partial charge in [-0.05, 0) is 57.8 Å². The fourth-order valence-electron chi connectivity index (χ4n) is 2.93. The molecule has 4 nitrogen and oxygen atoms in total. The number of carbonyl (C=O) groups excluding carboxylic acids is 1. The smallest absolute Gasteiger partial charge is 0.237 e. The normalized spacial score (nSPS) is 21.8. The molecule has 0 spiro atoms. The third-order valence-corrected chi connectivity index (χ3v) is 4.38. The van der Waals surface area contributed by atoms with Crippen LogP contribution in [0.5, 0.6) is 0 Å². The lowest BCUT2D eigenvalue weighted by molar-refractivity contribution is -0.123. The molecular weight excluding hydrogens is 274 g/mol. The molecule has 0 aromatic heterocycles. The number of carbonyl (C=O) groups is 1. The quantitative estimate of drug-likeness (QED) is 0.805. The van der Waals surface area contributed by atoms with Gasteiger partial charge in [-0.3, -0.25) is 4.79 Å². The molecule has 1 aromatic carbocycles. The van der Waals surface area contributed by atoms with Gasteiger partial charge in [0.25, 0.3) is 0 Å². The summed E-state index contributed by atoms with van der Waals surface area (Å²) in [4.78, 5) is 14.2. The van der Waals surface area contributed by atoms with Crippen LogP contribution in [0.25, 0.3) is 0 Å². The van der Waals surface area contributed by atoms with E-state index in [2.05, 4.69) is 45.9 Å². The van der Waals surface area contributed by atoms with Crippen molar-refractivity contribution in [2.45, 2.75) is 31.7 Å². The highest BCUT2D eigenvalue weighted by Crippen LogP contribution is 2.20. The van der Waals surface area contributed by atoms with Gasteiger partial charge in [-0.15, -0.1) is 0 Å². The average molecular weight is 303 g/mol. The van der Waals surface area contributed by atoms with Crippen molar-refractivity contribution in [2.75, 3.05) is 33.7 Å². The summed E-state index contributed by atoms with van der Waals surface area (Å²) < 4.78 is 0. The van der Waals surface area contributed by atoms with Gasteiger partial charge in [0.05, 0.1) is 6.04 Å². The van der Waals surface area contributed by atoms with Crippen LogP contribution in [0.3, 0.4) is 0 Å². The van der Waals surface area contributed by atoms with Crippen molar-refractivity contribution in [2.24, 2.45) is 5.92 Å². The van der Waals surface area contributed by atoms with Crippen LogP contribution >= 0.6 is 0 Å². The van der Waals surface area contributed by atoms with Gasteiger partial charge >= 0.3 is 0 Å². The largest absolute Gasteiger partial charge is 0.353 e. The molecule has 1 aliphatic heterocycles. The van der Waals surface area contributed by atoms with Gasteiger partial charge in [0.15, 0.2) is 0 Å². The number of likely N-dealkylation sites (N-methyl/N-ethyl adjacent to an activating group) is 1. The molecule has 1 fully saturated rings. The van der Waals surface area contributed by atoms with Crippen molar-refractivity contribution in [1.29, 1.82) is 0 Å². The Morgan fingerprint density at radius 2 is 2.05 bits per heavy atom. The molecule has 1 aliphatic rings. The summed E-state index contributed by atoms with van der Waals surface area (Å²) in [6.07, 6.45) is 4.43. The molecule has 1 heterocycles. The lowest BCUT2D eigenvalue weighted by Crippen LogP contribution is -2.49. The van der Waals surface area contributed by atoms with Crippen LogP contribution in [0.15, 0.2) is 30.3 Å². The molecule has 1 amide bonds. The second kappa shape index (κ2) is 8.91. The third kappa shape index (κ3) is 5.78. The monoisotopic (exact) mass is 303 g/mol. The summed E-state index contributed by atoms with van der Waals surface area (Å²) in [6.45, 7) is 2.57. The van der Waals surface area contributed by atoms with Gasteiger partial charge in [-0.25, -0.2) is 0 Å². The van der Waals surface area contributed by atoms with Gasteiger partial charge in [0.1, 0.15) is 0 Å². The van der Waals surface area contributed by atoms with Crippen molar-refractivity contribution < 1.29 is 4.79 Å². The fraction of sp³-hybridized carbons (Fsp3) is 0.611. The van der Waals surface area contributed by atoms with Crippen LogP contribution in [0.4, 0.5) is 0 Å². The summed E-state index contributed by atoms with van der Waals surface area (Å²) in [7, 11) is 4.03. The lowest BCUT2D eigenvalue weighted by Gasteiger charge is -2.29. The SMILES string of the molecule is CN(C)CCNC(=O)C1CCC(CCc2ccccc2)CN1. The Morgan fingerprint density at radius 1 is 1.27 bits per heavy atom. The maximum absolute atomic E-state index is 12.1. The number of piperidine rings is 1. The molecule has 2 N–H and O–H groups in total. The summed E-state index contributed by atoms with van der Waals surface area (Å²) in [5, 5.41) is 6.43. The van der Waals surface area contributed by atoms with E-state index in [9.17, 15) is 4.79 Å². The lowest BCUT2D eigenvalue weighted by atomic mass is 9.89. The number of aryl methyl sites for hydroxylation is 1. The number of hydrogen-bond acceptors (Lipinski definition) is 3. The molecule has 1 aromatic rings. The Balaban J connectivity index is 1.64. The second-order valence-corrected chi connectivity index (χ2v) is 6.52. The molecule has 122 valence electrons. The van der Waals surface area contributed by atoms with Crippen LogP contribution in [0, 0.1) is 5.92 Å². The minimum Gasteiger partial charge on any atom is -0.353 e. The van der Waals surface area contributed by atoms with Crippen LogP contribution in [-0.2, 0) is 11.2 Å². The fourth-order valence-corrected chi connectivity index (χ4v) is 2.93. The average Bonchev–Trinajstić information content (AvgIpc) is 2.54. The molecule has 0 saturated carbocycles. The van der Waals surface area contributed by atoms with Crippen LogP contribution < -0.4 is 10.6 Å². The molecule has 0 radical (unpaired) electrons. The standard InChI is InChI=1S/C18H29N3O/c1-21(2)13-12-19-18(22)17-11-10-16(14-20-17)9-8-15-6-4-3-5-7-15/h3-7,16-17,20H,8-14H2,1-2H3,(H,19,22). The van der Waals surface area contributed by atoms with Gasteiger partial charge < -0.3 is 15.5 Å². The summed E-state index contributed by atoms with van der Waals surface area (Å²) in [5.41, 5.74) is 1.41. The highest BCUT2D eigenvalue weighted by atomic mass is 16.2. The van der Waals surface area contributed by atoms with Crippen LogP contribution in [0.1, 0.15) is 24.8 Å². The van der Waals surface area contributed by atoms with Crippen molar-refractivity contribution in [3.63, 3.8) is 0 Å². The number of rotatable bonds is 7. The van der Waals surface area contributed by atoms with Crippen LogP contribution in [0.2, 0.25) is 0 Å². The van der Waals surface area contributed by atoms with Crippen LogP contribution in [-0.4, -0.2) is 50.6 Å². The number of hydrogen-bond donors (Lipinski definition) is 2. The Kier molecular flexibility index (Phi) is 6.87. The second-order valence-electron chi connectivity index (χ2n) is 6.52. The predicted molar refractivity (Wildman–Crippen MR) is 90.8 cm³/mol. The zero-order valence-electron chi connectivity index (χ0n) is 13.8.